The molecule has 4 aromatic carbocycles. The Labute approximate surface area is 478 Å². The van der Waals surface area contributed by atoms with Gasteiger partial charge in [-0.3, -0.25) is 4.79 Å². The Bertz CT molecular complexity index is 2330. The van der Waals surface area contributed by atoms with E-state index in [1.54, 1.807) is 84.9 Å². The summed E-state index contributed by atoms with van der Waals surface area (Å²) in [6.07, 6.45) is 26.1. The van der Waals surface area contributed by atoms with Crippen molar-refractivity contribution in [1.29, 1.82) is 0 Å². The number of esters is 3. The number of nitrogens with one attached hydrogen (secondary N) is 1. The smallest absolute Gasteiger partial charge is 0.338 e. The number of unbranched alkanes of at least 4 members (excludes halogenated alkanes) is 23. The van der Waals surface area contributed by atoms with E-state index in [0.717, 1.165) is 50.5 Å². The molecular weight excluding hydrogens is 1010 g/mol. The lowest BCUT2D eigenvalue weighted by atomic mass is 9.96. The first kappa shape index (κ1) is 63.5. The summed E-state index contributed by atoms with van der Waals surface area (Å²) in [4.78, 5) is 56.4. The fraction of sp³-hybridized carbons (Fsp3) is 0.559. The van der Waals surface area contributed by atoms with Gasteiger partial charge in [-0.25, -0.2) is 14.4 Å². The summed E-state index contributed by atoms with van der Waals surface area (Å²) in [5, 5.41) is 3.19. The molecule has 4 aromatic rings. The topological polar surface area (TPSA) is 145 Å². The number of allylic oxidation sites excluding steroid dienone is 1. The maximum Gasteiger partial charge on any atom is 0.338 e. The molecule has 2 heterocycles. The van der Waals surface area contributed by atoms with Crippen molar-refractivity contribution in [2.75, 3.05) is 13.2 Å². The van der Waals surface area contributed by atoms with Crippen LogP contribution >= 0.6 is 0 Å². The first-order valence-corrected chi connectivity index (χ1v) is 30.7. The highest BCUT2D eigenvalue weighted by atomic mass is 16.8. The van der Waals surface area contributed by atoms with Crippen molar-refractivity contribution in [3.8, 4) is 0 Å². The van der Waals surface area contributed by atoms with Gasteiger partial charge in [-0.05, 0) is 61.7 Å². The monoisotopic (exact) mass is 1100 g/mol. The van der Waals surface area contributed by atoms with Crippen LogP contribution in [-0.2, 0) is 38.0 Å². The van der Waals surface area contributed by atoms with Gasteiger partial charge < -0.3 is 38.5 Å². The Balaban J connectivity index is 1.22. The Morgan fingerprint density at radius 1 is 0.525 bits per heavy atom. The second-order valence-electron chi connectivity index (χ2n) is 21.7. The molecule has 0 saturated carbocycles. The molecule has 2 fully saturated rings. The molecule has 2 aliphatic heterocycles. The molecule has 436 valence electrons. The van der Waals surface area contributed by atoms with Crippen molar-refractivity contribution >= 4 is 23.8 Å². The third-order valence-electron chi connectivity index (χ3n) is 15.1. The van der Waals surface area contributed by atoms with Gasteiger partial charge in [0.05, 0.1) is 35.9 Å². The van der Waals surface area contributed by atoms with Crippen LogP contribution in [0.3, 0.4) is 0 Å². The molecule has 1 N–H and O–H groups in total. The summed E-state index contributed by atoms with van der Waals surface area (Å²) in [6.45, 7) is 4.26. The number of amides is 1. The van der Waals surface area contributed by atoms with Crippen molar-refractivity contribution in [2.45, 2.75) is 230 Å². The largest absolute Gasteiger partial charge is 0.452 e. The third-order valence-corrected chi connectivity index (χ3v) is 15.1. The lowest BCUT2D eigenvalue weighted by Crippen LogP contribution is -2.64. The number of hydrogen-bond donors (Lipinski definition) is 1. The van der Waals surface area contributed by atoms with Gasteiger partial charge in [0.2, 0.25) is 5.91 Å². The van der Waals surface area contributed by atoms with Gasteiger partial charge in [0.1, 0.15) is 18.3 Å². The Kier molecular flexibility index (Phi) is 30.3. The first-order valence-electron chi connectivity index (χ1n) is 30.7. The van der Waals surface area contributed by atoms with E-state index in [4.69, 9.17) is 33.2 Å². The number of rotatable bonds is 39. The molecule has 0 spiro atoms. The minimum Gasteiger partial charge on any atom is -0.452 e. The van der Waals surface area contributed by atoms with Crippen molar-refractivity contribution in [3.63, 3.8) is 0 Å². The molecule has 0 aliphatic carbocycles. The molecule has 12 nitrogen and oxygen atoms in total. The zero-order valence-electron chi connectivity index (χ0n) is 48.1. The van der Waals surface area contributed by atoms with Crippen LogP contribution in [0.25, 0.3) is 0 Å². The van der Waals surface area contributed by atoms with E-state index < -0.39 is 67.0 Å². The van der Waals surface area contributed by atoms with Crippen LogP contribution in [0.5, 0.6) is 0 Å². The predicted molar refractivity (Wildman–Crippen MR) is 314 cm³/mol. The molecule has 8 atom stereocenters. The predicted octanol–water partition coefficient (Wildman–Crippen LogP) is 15.7. The summed E-state index contributed by atoms with van der Waals surface area (Å²) in [6, 6.07) is 34.3. The van der Waals surface area contributed by atoms with Gasteiger partial charge in [0.15, 0.2) is 24.8 Å². The van der Waals surface area contributed by atoms with Crippen molar-refractivity contribution in [1.82, 2.24) is 5.32 Å². The standard InChI is InChI=1S/C68H93NO11/c1-3-5-7-9-11-13-15-17-19-21-23-25-39-49-58(76-64(71)53-41-31-27-32-42-53)57(69-60(70)50-40-26-24-22-20-18-16-14-12-10-8-6-4-2)51-74-68-63(79-66(73)55-45-35-29-36-46-55)62(78-65(72)54-43-33-28-34-44-54)61-59(77-68)52-75-67(80-61)56-47-37-30-38-48-56/h27-39,41-49,57-59,61-63,67-68H,3-26,40,50-52H2,1-2H3,(H,69,70)/t57-,58+,59+,61-,62-,63+,67?,68-/m0/s1. The second-order valence-corrected chi connectivity index (χ2v) is 21.7. The summed E-state index contributed by atoms with van der Waals surface area (Å²) < 4.78 is 45.3. The van der Waals surface area contributed by atoms with Crippen molar-refractivity contribution in [2.24, 2.45) is 0 Å². The number of carbonyl (C=O) groups excluding carboxylic acids is 4. The van der Waals surface area contributed by atoms with Gasteiger partial charge in [0.25, 0.3) is 0 Å². The highest BCUT2D eigenvalue weighted by molar-refractivity contribution is 5.91. The summed E-state index contributed by atoms with van der Waals surface area (Å²) >= 11 is 0. The zero-order chi connectivity index (χ0) is 56.2. The number of carbonyl (C=O) groups is 4. The van der Waals surface area contributed by atoms with Crippen LogP contribution in [-0.4, -0.2) is 79.9 Å². The minimum atomic E-state index is -1.39. The quantitative estimate of drug-likeness (QED) is 0.0197. The van der Waals surface area contributed by atoms with Crippen LogP contribution in [0.2, 0.25) is 0 Å². The maximum absolute atomic E-state index is 14.2. The average Bonchev–Trinajstić information content (AvgIpc) is 3.54. The Hall–Kier alpha value is -5.66. The number of benzene rings is 4. The molecule has 0 radical (unpaired) electrons. The highest BCUT2D eigenvalue weighted by Gasteiger charge is 2.54. The second kappa shape index (κ2) is 38.1. The van der Waals surface area contributed by atoms with E-state index in [0.29, 0.717) is 12.0 Å². The molecule has 80 heavy (non-hydrogen) atoms. The van der Waals surface area contributed by atoms with E-state index in [1.165, 1.54) is 109 Å². The van der Waals surface area contributed by atoms with Crippen molar-refractivity contribution < 1.29 is 52.3 Å². The molecule has 1 unspecified atom stereocenters. The molecule has 6 rings (SSSR count). The Morgan fingerprint density at radius 2 is 0.963 bits per heavy atom. The Morgan fingerprint density at radius 3 is 1.46 bits per heavy atom. The summed E-state index contributed by atoms with van der Waals surface area (Å²) in [5.41, 5.74) is 1.63. The highest BCUT2D eigenvalue weighted by Crippen LogP contribution is 2.38. The minimum absolute atomic E-state index is 0.0151. The van der Waals surface area contributed by atoms with Gasteiger partial charge >= 0.3 is 17.9 Å². The van der Waals surface area contributed by atoms with Crippen LogP contribution in [0.15, 0.2) is 133 Å². The summed E-state index contributed by atoms with van der Waals surface area (Å²) in [7, 11) is 0. The SMILES string of the molecule is CCCCCCCCCCCCCC=C[C@@H](OC(=O)c1ccccc1)[C@H](CO[C@H]1O[C@@H]2COC(c3ccccc3)O[C@@H]2[C@H](OC(=O)c2ccccc2)[C@H]1OC(=O)c1ccccc1)NC(=O)CCCCCCCCCCCCCCC. The molecule has 0 aromatic heterocycles. The average molecular weight is 1100 g/mol. The van der Waals surface area contributed by atoms with Crippen molar-refractivity contribution in [3.05, 3.63) is 156 Å². The van der Waals surface area contributed by atoms with Crippen LogP contribution in [0.4, 0.5) is 0 Å². The molecule has 2 saturated heterocycles. The number of ether oxygens (including phenoxy) is 7. The van der Waals surface area contributed by atoms with Gasteiger partial charge in [-0.15, -0.1) is 0 Å². The zero-order valence-corrected chi connectivity index (χ0v) is 48.1. The summed E-state index contributed by atoms with van der Waals surface area (Å²) in [5.74, 6) is -2.15. The van der Waals surface area contributed by atoms with Gasteiger partial charge in [-0.2, -0.15) is 0 Å². The first-order chi connectivity index (χ1) is 39.3. The lowest BCUT2D eigenvalue weighted by Gasteiger charge is -2.48. The third kappa shape index (κ3) is 23.1. The maximum atomic E-state index is 14.2. The van der Waals surface area contributed by atoms with Crippen LogP contribution in [0, 0.1) is 0 Å². The molecule has 0 bridgehead atoms. The normalized spacial score (nSPS) is 19.6. The van der Waals surface area contributed by atoms with E-state index in [2.05, 4.69) is 19.2 Å². The number of hydrogen-bond acceptors (Lipinski definition) is 11. The fourth-order valence-corrected chi connectivity index (χ4v) is 10.4. The molecular formula is C68H93NO11. The van der Waals surface area contributed by atoms with Gasteiger partial charge in [-0.1, -0.05) is 246 Å². The lowest BCUT2D eigenvalue weighted by molar-refractivity contribution is -0.360. The number of fused-ring (bicyclic) bond motifs is 1. The van der Waals surface area contributed by atoms with E-state index in [1.807, 2.05) is 48.6 Å². The van der Waals surface area contributed by atoms with Crippen LogP contribution in [0.1, 0.15) is 224 Å². The molecule has 2 aliphatic rings. The van der Waals surface area contributed by atoms with E-state index in [-0.39, 0.29) is 36.7 Å². The van der Waals surface area contributed by atoms with Gasteiger partial charge in [0, 0.05) is 12.0 Å². The molecule has 1 amide bonds. The van der Waals surface area contributed by atoms with Crippen LogP contribution < -0.4 is 5.32 Å². The fourth-order valence-electron chi connectivity index (χ4n) is 10.4. The van der Waals surface area contributed by atoms with E-state index in [9.17, 15) is 19.2 Å². The van der Waals surface area contributed by atoms with E-state index >= 15 is 0 Å². The molecule has 12 heteroatoms.